The fourth-order valence-electron chi connectivity index (χ4n) is 2.49. The van der Waals surface area contributed by atoms with Crippen LogP contribution in [-0.4, -0.2) is 25.9 Å². The fourth-order valence-corrected chi connectivity index (χ4v) is 2.49. The van der Waals surface area contributed by atoms with E-state index in [-0.39, 0.29) is 11.4 Å². The number of hydrogen-bond acceptors (Lipinski definition) is 5. The third-order valence-corrected chi connectivity index (χ3v) is 3.52. The van der Waals surface area contributed by atoms with Crippen molar-refractivity contribution in [1.29, 1.82) is 0 Å². The lowest BCUT2D eigenvalue weighted by Crippen LogP contribution is -2.33. The van der Waals surface area contributed by atoms with Crippen molar-refractivity contribution in [2.75, 3.05) is 12.3 Å². The standard InChI is InChI=1S/C13H15N5O2/c14-11-7-10(1-2-12(11)18(19)20)8-16-5-6-17-4-3-15-13(17)9-16/h1-4,7H,5-6,8-9,14H2. The van der Waals surface area contributed by atoms with Crippen LogP contribution >= 0.6 is 0 Å². The van der Waals surface area contributed by atoms with Crippen LogP contribution in [0, 0.1) is 10.1 Å². The molecular formula is C13H15N5O2. The fraction of sp³-hybridized carbons (Fsp3) is 0.308. The van der Waals surface area contributed by atoms with E-state index in [2.05, 4.69) is 14.5 Å². The second-order valence-corrected chi connectivity index (χ2v) is 4.90. The summed E-state index contributed by atoms with van der Waals surface area (Å²) in [7, 11) is 0. The molecule has 0 saturated heterocycles. The normalized spacial score (nSPS) is 15.0. The first-order valence-corrected chi connectivity index (χ1v) is 6.38. The molecule has 104 valence electrons. The van der Waals surface area contributed by atoms with Crippen LogP contribution in [0.25, 0.3) is 0 Å². The smallest absolute Gasteiger partial charge is 0.292 e. The van der Waals surface area contributed by atoms with E-state index in [9.17, 15) is 10.1 Å². The Morgan fingerprint density at radius 1 is 1.40 bits per heavy atom. The molecule has 1 aliphatic heterocycles. The summed E-state index contributed by atoms with van der Waals surface area (Å²) < 4.78 is 2.14. The van der Waals surface area contributed by atoms with Gasteiger partial charge in [0, 0.05) is 38.1 Å². The Hall–Kier alpha value is -2.41. The monoisotopic (exact) mass is 273 g/mol. The summed E-state index contributed by atoms with van der Waals surface area (Å²) in [5, 5.41) is 10.7. The van der Waals surface area contributed by atoms with Crippen molar-refractivity contribution in [3.8, 4) is 0 Å². The lowest BCUT2D eigenvalue weighted by molar-refractivity contribution is -0.383. The van der Waals surface area contributed by atoms with Crippen molar-refractivity contribution in [2.24, 2.45) is 0 Å². The molecular weight excluding hydrogens is 258 g/mol. The Morgan fingerprint density at radius 2 is 2.25 bits per heavy atom. The average molecular weight is 273 g/mol. The molecule has 20 heavy (non-hydrogen) atoms. The van der Waals surface area contributed by atoms with Crippen molar-refractivity contribution in [3.05, 3.63) is 52.1 Å². The molecule has 7 heteroatoms. The predicted octanol–water partition coefficient (Wildman–Crippen LogP) is 1.39. The molecule has 2 heterocycles. The highest BCUT2D eigenvalue weighted by Gasteiger charge is 2.18. The van der Waals surface area contributed by atoms with E-state index in [0.29, 0.717) is 0 Å². The van der Waals surface area contributed by atoms with Crippen LogP contribution in [0.15, 0.2) is 30.6 Å². The summed E-state index contributed by atoms with van der Waals surface area (Å²) in [6.45, 7) is 3.34. The Morgan fingerprint density at radius 3 is 3.00 bits per heavy atom. The summed E-state index contributed by atoms with van der Waals surface area (Å²) in [5.74, 6) is 1.05. The minimum absolute atomic E-state index is 0.0389. The van der Waals surface area contributed by atoms with E-state index in [4.69, 9.17) is 5.73 Å². The van der Waals surface area contributed by atoms with Crippen molar-refractivity contribution in [2.45, 2.75) is 19.6 Å². The van der Waals surface area contributed by atoms with Gasteiger partial charge in [-0.3, -0.25) is 15.0 Å². The molecule has 1 aliphatic rings. The van der Waals surface area contributed by atoms with Gasteiger partial charge in [-0.25, -0.2) is 4.98 Å². The molecule has 0 radical (unpaired) electrons. The zero-order chi connectivity index (χ0) is 14.1. The molecule has 0 fully saturated rings. The Balaban J connectivity index is 1.73. The van der Waals surface area contributed by atoms with Crippen molar-refractivity contribution < 1.29 is 4.92 Å². The van der Waals surface area contributed by atoms with Crippen molar-refractivity contribution in [3.63, 3.8) is 0 Å². The number of imidazole rings is 1. The molecule has 0 aliphatic carbocycles. The summed E-state index contributed by atoms with van der Waals surface area (Å²) >= 11 is 0. The second-order valence-electron chi connectivity index (χ2n) is 4.90. The van der Waals surface area contributed by atoms with Crippen LogP contribution in [0.5, 0.6) is 0 Å². The molecule has 0 unspecified atom stereocenters. The molecule has 0 atom stereocenters. The quantitative estimate of drug-likeness (QED) is 0.518. The van der Waals surface area contributed by atoms with E-state index in [1.54, 1.807) is 12.1 Å². The molecule has 0 bridgehead atoms. The summed E-state index contributed by atoms with van der Waals surface area (Å²) in [6.07, 6.45) is 3.79. The van der Waals surface area contributed by atoms with Crippen LogP contribution in [0.1, 0.15) is 11.4 Å². The maximum absolute atomic E-state index is 10.7. The van der Waals surface area contributed by atoms with Gasteiger partial charge in [-0.2, -0.15) is 0 Å². The third-order valence-electron chi connectivity index (χ3n) is 3.52. The largest absolute Gasteiger partial charge is 0.393 e. The van der Waals surface area contributed by atoms with Gasteiger partial charge in [0.15, 0.2) is 0 Å². The first-order valence-electron chi connectivity index (χ1n) is 6.38. The zero-order valence-electron chi connectivity index (χ0n) is 10.9. The molecule has 3 rings (SSSR count). The van der Waals surface area contributed by atoms with E-state index in [0.717, 1.165) is 37.6 Å². The van der Waals surface area contributed by atoms with Gasteiger partial charge >= 0.3 is 0 Å². The van der Waals surface area contributed by atoms with Gasteiger partial charge in [0.25, 0.3) is 5.69 Å². The molecule has 2 N–H and O–H groups in total. The number of aromatic nitrogens is 2. The number of nitro groups is 1. The van der Waals surface area contributed by atoms with Gasteiger partial charge in [0.2, 0.25) is 0 Å². The van der Waals surface area contributed by atoms with E-state index < -0.39 is 4.92 Å². The molecule has 0 spiro atoms. The number of benzene rings is 1. The van der Waals surface area contributed by atoms with Gasteiger partial charge in [-0.1, -0.05) is 6.07 Å². The molecule has 2 aromatic rings. The number of fused-ring (bicyclic) bond motifs is 1. The van der Waals surface area contributed by atoms with Crippen LogP contribution in [0.2, 0.25) is 0 Å². The Bertz CT molecular complexity index is 652. The lowest BCUT2D eigenvalue weighted by Gasteiger charge is -2.27. The highest BCUT2D eigenvalue weighted by Crippen LogP contribution is 2.23. The Kier molecular flexibility index (Phi) is 3.11. The van der Waals surface area contributed by atoms with E-state index in [1.165, 1.54) is 6.07 Å². The highest BCUT2D eigenvalue weighted by molar-refractivity contribution is 5.59. The first kappa shape index (κ1) is 12.6. The third kappa shape index (κ3) is 2.35. The zero-order valence-corrected chi connectivity index (χ0v) is 10.9. The van der Waals surface area contributed by atoms with Crippen molar-refractivity contribution >= 4 is 11.4 Å². The molecule has 0 saturated carbocycles. The predicted molar refractivity (Wildman–Crippen MR) is 73.8 cm³/mol. The SMILES string of the molecule is Nc1cc(CN2CCn3ccnc3C2)ccc1[N+](=O)[O-]. The number of nitrogen functional groups attached to an aromatic ring is 1. The average Bonchev–Trinajstić information content (AvgIpc) is 2.85. The molecule has 0 amide bonds. The topological polar surface area (TPSA) is 90.2 Å². The van der Waals surface area contributed by atoms with E-state index in [1.807, 2.05) is 12.4 Å². The van der Waals surface area contributed by atoms with Gasteiger partial charge in [-0.15, -0.1) is 0 Å². The maximum Gasteiger partial charge on any atom is 0.292 e. The van der Waals surface area contributed by atoms with Gasteiger partial charge in [0.05, 0.1) is 11.5 Å². The lowest BCUT2D eigenvalue weighted by atomic mass is 10.1. The number of nitrogens with zero attached hydrogens (tertiary/aromatic N) is 4. The number of nitro benzene ring substituents is 1. The van der Waals surface area contributed by atoms with Crippen molar-refractivity contribution in [1.82, 2.24) is 14.5 Å². The molecule has 1 aromatic carbocycles. The first-order chi connectivity index (χ1) is 9.63. The second kappa shape index (κ2) is 4.93. The van der Waals surface area contributed by atoms with Gasteiger partial charge in [0.1, 0.15) is 11.5 Å². The number of anilines is 1. The highest BCUT2D eigenvalue weighted by atomic mass is 16.6. The minimum Gasteiger partial charge on any atom is -0.393 e. The minimum atomic E-state index is -0.461. The number of rotatable bonds is 3. The van der Waals surface area contributed by atoms with Crippen LogP contribution in [-0.2, 0) is 19.6 Å². The maximum atomic E-state index is 10.7. The van der Waals surface area contributed by atoms with Crippen LogP contribution in [0.3, 0.4) is 0 Å². The Labute approximate surface area is 115 Å². The van der Waals surface area contributed by atoms with Crippen LogP contribution in [0.4, 0.5) is 11.4 Å². The summed E-state index contributed by atoms with van der Waals surface area (Å²) in [4.78, 5) is 16.8. The molecule has 7 nitrogen and oxygen atoms in total. The molecule has 1 aromatic heterocycles. The number of hydrogen-bond donors (Lipinski definition) is 1. The van der Waals surface area contributed by atoms with Gasteiger partial charge < -0.3 is 10.3 Å². The van der Waals surface area contributed by atoms with Gasteiger partial charge in [-0.05, 0) is 11.6 Å². The summed E-state index contributed by atoms with van der Waals surface area (Å²) in [5.41, 5.74) is 6.87. The van der Waals surface area contributed by atoms with Crippen LogP contribution < -0.4 is 5.73 Å². The summed E-state index contributed by atoms with van der Waals surface area (Å²) in [6, 6.07) is 4.91. The van der Waals surface area contributed by atoms with E-state index >= 15 is 0 Å². The number of nitrogens with two attached hydrogens (primary N) is 1.